The number of rotatable bonds is 1. The highest BCUT2D eigenvalue weighted by Gasteiger charge is 2.02. The Morgan fingerprint density at radius 1 is 1.50 bits per heavy atom. The molecule has 0 aliphatic heterocycles. The van der Waals surface area contributed by atoms with E-state index in [1.165, 1.54) is 0 Å². The van der Waals surface area contributed by atoms with E-state index in [1.54, 1.807) is 10.6 Å². The fourth-order valence-corrected chi connectivity index (χ4v) is 1.32. The Balaban J connectivity index is 2.74. The summed E-state index contributed by atoms with van der Waals surface area (Å²) < 4.78 is 1.59. The first-order valence-electron chi connectivity index (χ1n) is 3.42. The van der Waals surface area contributed by atoms with Gasteiger partial charge in [-0.05, 0) is 12.1 Å². The number of thiol groups is 1. The lowest BCUT2D eigenvalue weighted by Crippen LogP contribution is -1.88. The molecule has 2 rings (SSSR count). The zero-order valence-electron chi connectivity index (χ0n) is 6.11. The third-order valence-corrected chi connectivity index (χ3v) is 2.07. The zero-order chi connectivity index (χ0) is 8.55. The van der Waals surface area contributed by atoms with Crippen LogP contribution in [0.25, 0.3) is 5.65 Å². The highest BCUT2D eigenvalue weighted by atomic mass is 35.5. The largest absolute Gasteiger partial charge is 0.211 e. The van der Waals surface area contributed by atoms with Gasteiger partial charge in [0.15, 0.2) is 11.5 Å². The number of aromatic nitrogens is 3. The van der Waals surface area contributed by atoms with Crippen LogP contribution in [0, 0.1) is 0 Å². The summed E-state index contributed by atoms with van der Waals surface area (Å²) in [7, 11) is 0. The summed E-state index contributed by atoms with van der Waals surface area (Å²) in [6.45, 7) is 0. The van der Waals surface area contributed by atoms with E-state index in [9.17, 15) is 0 Å². The predicted octanol–water partition coefficient (Wildman–Crippen LogP) is 1.81. The molecule has 0 bridgehead atoms. The van der Waals surface area contributed by atoms with Crippen molar-refractivity contribution in [1.82, 2.24) is 14.6 Å². The van der Waals surface area contributed by atoms with E-state index >= 15 is 0 Å². The van der Waals surface area contributed by atoms with E-state index in [1.807, 2.05) is 12.1 Å². The lowest BCUT2D eigenvalue weighted by atomic mass is 10.5. The summed E-state index contributed by atoms with van der Waals surface area (Å²) in [5.74, 6) is 1.21. The molecule has 2 heterocycles. The van der Waals surface area contributed by atoms with Crippen LogP contribution in [0.4, 0.5) is 0 Å². The zero-order valence-corrected chi connectivity index (χ0v) is 7.76. The Hall–Kier alpha value is -0.740. The molecular weight excluding hydrogens is 194 g/mol. The van der Waals surface area contributed by atoms with E-state index in [-0.39, 0.29) is 0 Å². The van der Waals surface area contributed by atoms with E-state index in [4.69, 9.17) is 11.6 Å². The second-order valence-electron chi connectivity index (χ2n) is 2.30. The number of pyridine rings is 1. The normalized spacial score (nSPS) is 10.8. The molecule has 2 aromatic heterocycles. The summed E-state index contributed by atoms with van der Waals surface area (Å²) in [5.41, 5.74) is 0.756. The first-order chi connectivity index (χ1) is 5.81. The van der Waals surface area contributed by atoms with Crippen LogP contribution in [0.5, 0.6) is 0 Å². The van der Waals surface area contributed by atoms with Gasteiger partial charge in [0, 0.05) is 0 Å². The van der Waals surface area contributed by atoms with Crippen molar-refractivity contribution in [1.29, 1.82) is 0 Å². The van der Waals surface area contributed by atoms with E-state index in [2.05, 4.69) is 22.7 Å². The Morgan fingerprint density at radius 2 is 2.33 bits per heavy atom. The quantitative estimate of drug-likeness (QED) is 0.561. The molecule has 2 aromatic rings. The SMILES string of the molecule is SCc1nc2cccc(Cl)n2n1. The van der Waals surface area contributed by atoms with Crippen LogP contribution >= 0.6 is 24.2 Å². The summed E-state index contributed by atoms with van der Waals surface area (Å²) in [6, 6.07) is 5.46. The molecule has 0 spiro atoms. The summed E-state index contributed by atoms with van der Waals surface area (Å²) in [4.78, 5) is 4.18. The molecule has 0 aliphatic carbocycles. The lowest BCUT2D eigenvalue weighted by molar-refractivity contribution is 0.926. The molecule has 0 amide bonds. The molecule has 0 N–H and O–H groups in total. The number of fused-ring (bicyclic) bond motifs is 1. The van der Waals surface area contributed by atoms with Gasteiger partial charge >= 0.3 is 0 Å². The summed E-state index contributed by atoms with van der Waals surface area (Å²) in [5, 5.41) is 4.69. The summed E-state index contributed by atoms with van der Waals surface area (Å²) >= 11 is 9.94. The van der Waals surface area contributed by atoms with Crippen molar-refractivity contribution >= 4 is 29.9 Å². The molecule has 5 heteroatoms. The van der Waals surface area contributed by atoms with Crippen LogP contribution in [0.15, 0.2) is 18.2 Å². The minimum Gasteiger partial charge on any atom is -0.211 e. The molecule has 0 unspecified atom stereocenters. The van der Waals surface area contributed by atoms with Crippen LogP contribution < -0.4 is 0 Å². The Kier molecular flexibility index (Phi) is 1.94. The third-order valence-electron chi connectivity index (χ3n) is 1.50. The highest BCUT2D eigenvalue weighted by Crippen LogP contribution is 2.10. The predicted molar refractivity (Wildman–Crippen MR) is 50.7 cm³/mol. The molecule has 12 heavy (non-hydrogen) atoms. The second-order valence-corrected chi connectivity index (χ2v) is 3.01. The van der Waals surface area contributed by atoms with Crippen molar-refractivity contribution in [2.24, 2.45) is 0 Å². The number of nitrogens with zero attached hydrogens (tertiary/aromatic N) is 3. The van der Waals surface area contributed by atoms with Gasteiger partial charge in [0.25, 0.3) is 0 Å². The first-order valence-corrected chi connectivity index (χ1v) is 4.43. The monoisotopic (exact) mass is 199 g/mol. The molecule has 3 nitrogen and oxygen atoms in total. The maximum Gasteiger partial charge on any atom is 0.161 e. The van der Waals surface area contributed by atoms with Crippen molar-refractivity contribution < 1.29 is 0 Å². The van der Waals surface area contributed by atoms with Crippen molar-refractivity contribution in [3.8, 4) is 0 Å². The molecule has 0 saturated heterocycles. The highest BCUT2D eigenvalue weighted by molar-refractivity contribution is 7.79. The van der Waals surface area contributed by atoms with Crippen molar-refractivity contribution in [2.75, 3.05) is 0 Å². The topological polar surface area (TPSA) is 30.2 Å². The van der Waals surface area contributed by atoms with Crippen molar-refractivity contribution in [2.45, 2.75) is 5.75 Å². The van der Waals surface area contributed by atoms with Crippen LogP contribution in [-0.4, -0.2) is 14.6 Å². The minimum atomic E-state index is 0.526. The molecule has 0 atom stereocenters. The maximum absolute atomic E-state index is 5.86. The molecule has 0 saturated carbocycles. The Labute approximate surface area is 79.8 Å². The molecule has 62 valence electrons. The Morgan fingerprint density at radius 3 is 3.00 bits per heavy atom. The van der Waals surface area contributed by atoms with Crippen LogP contribution in [-0.2, 0) is 5.75 Å². The third kappa shape index (κ3) is 1.17. The Bertz CT molecular complexity index is 412. The molecule has 0 aliphatic rings. The van der Waals surface area contributed by atoms with Gasteiger partial charge in [0.2, 0.25) is 0 Å². The average Bonchev–Trinajstić information content (AvgIpc) is 2.49. The lowest BCUT2D eigenvalue weighted by Gasteiger charge is -1.91. The van der Waals surface area contributed by atoms with Crippen LogP contribution in [0.1, 0.15) is 5.82 Å². The molecular formula is C7H6ClN3S. The minimum absolute atomic E-state index is 0.526. The van der Waals surface area contributed by atoms with Gasteiger partial charge < -0.3 is 0 Å². The fourth-order valence-electron chi connectivity index (χ4n) is 0.985. The fraction of sp³-hybridized carbons (Fsp3) is 0.143. The smallest absolute Gasteiger partial charge is 0.161 e. The van der Waals surface area contributed by atoms with Gasteiger partial charge in [-0.15, -0.1) is 5.10 Å². The first kappa shape index (κ1) is 7.89. The average molecular weight is 200 g/mol. The second kappa shape index (κ2) is 2.95. The molecule has 0 radical (unpaired) electrons. The number of hydrogen-bond acceptors (Lipinski definition) is 3. The van der Waals surface area contributed by atoms with Gasteiger partial charge in [0.1, 0.15) is 5.15 Å². The summed E-state index contributed by atoms with van der Waals surface area (Å²) in [6.07, 6.45) is 0. The van der Waals surface area contributed by atoms with Crippen LogP contribution in [0.2, 0.25) is 5.15 Å². The van der Waals surface area contributed by atoms with Crippen molar-refractivity contribution in [3.05, 3.63) is 29.2 Å². The molecule has 0 aromatic carbocycles. The van der Waals surface area contributed by atoms with Gasteiger partial charge in [-0.3, -0.25) is 0 Å². The van der Waals surface area contributed by atoms with Gasteiger partial charge in [0.05, 0.1) is 5.75 Å². The van der Waals surface area contributed by atoms with E-state index in [0.29, 0.717) is 16.7 Å². The van der Waals surface area contributed by atoms with Gasteiger partial charge in [-0.2, -0.15) is 12.6 Å². The van der Waals surface area contributed by atoms with E-state index < -0.39 is 0 Å². The standard InChI is InChI=1S/C7H6ClN3S/c8-5-2-1-3-7-9-6(4-12)10-11(5)7/h1-3,12H,4H2. The van der Waals surface area contributed by atoms with Gasteiger partial charge in [-0.25, -0.2) is 9.50 Å². The van der Waals surface area contributed by atoms with Gasteiger partial charge in [-0.1, -0.05) is 17.7 Å². The maximum atomic E-state index is 5.86. The number of halogens is 1. The van der Waals surface area contributed by atoms with E-state index in [0.717, 1.165) is 5.65 Å². The van der Waals surface area contributed by atoms with Crippen molar-refractivity contribution in [3.63, 3.8) is 0 Å². The number of hydrogen-bond donors (Lipinski definition) is 1. The molecule has 0 fully saturated rings. The van der Waals surface area contributed by atoms with Crippen LogP contribution in [0.3, 0.4) is 0 Å².